The van der Waals surface area contributed by atoms with Crippen molar-refractivity contribution >= 4 is 17.9 Å². The zero-order chi connectivity index (χ0) is 18.4. The number of hydrogen-bond donors (Lipinski definition) is 1. The molecule has 0 spiro atoms. The number of alkyl halides is 6. The Morgan fingerprint density at radius 2 is 1.52 bits per heavy atom. The topological polar surface area (TPSA) is 89.9 Å². The van der Waals surface area contributed by atoms with E-state index in [9.17, 15) is 40.7 Å². The van der Waals surface area contributed by atoms with Gasteiger partial charge in [-0.2, -0.15) is 26.3 Å². The second-order valence-electron chi connectivity index (χ2n) is 4.02. The maximum atomic E-state index is 12.1. The first-order chi connectivity index (χ1) is 10.2. The summed E-state index contributed by atoms with van der Waals surface area (Å²) in [7, 11) is 0. The van der Waals surface area contributed by atoms with E-state index in [-0.39, 0.29) is 0 Å². The van der Waals surface area contributed by atoms with E-state index < -0.39 is 55.0 Å². The molecule has 0 bridgehead atoms. The molecule has 0 aromatic rings. The van der Waals surface area contributed by atoms with E-state index in [2.05, 4.69) is 9.47 Å². The van der Waals surface area contributed by atoms with Crippen molar-refractivity contribution in [3.63, 3.8) is 0 Å². The van der Waals surface area contributed by atoms with Gasteiger partial charge in [-0.25, -0.2) is 14.4 Å². The molecule has 0 amide bonds. The number of hydrogen-bond acceptors (Lipinski definition) is 5. The summed E-state index contributed by atoms with van der Waals surface area (Å²) in [6.45, 7) is -0.0873. The van der Waals surface area contributed by atoms with Crippen LogP contribution in [0.15, 0.2) is 11.6 Å². The van der Waals surface area contributed by atoms with Gasteiger partial charge in [0.2, 0.25) is 0 Å². The number of esters is 2. The highest BCUT2D eigenvalue weighted by atomic mass is 19.4. The lowest BCUT2D eigenvalue weighted by atomic mass is 10.1. The Hall–Kier alpha value is -2.27. The van der Waals surface area contributed by atoms with Crippen molar-refractivity contribution in [2.24, 2.45) is 0 Å². The van der Waals surface area contributed by atoms with Gasteiger partial charge in [-0.05, 0) is 13.0 Å². The number of aliphatic carboxylic acids is 1. The fourth-order valence-electron chi connectivity index (χ4n) is 1.08. The molecule has 0 saturated heterocycles. The maximum Gasteiger partial charge on any atom is 0.490 e. The molecule has 0 aromatic heterocycles. The fraction of sp³-hybridized carbons (Fsp3) is 0.545. The molecule has 1 atom stereocenters. The second kappa shape index (κ2) is 7.83. The smallest absolute Gasteiger partial charge is 0.478 e. The standard InChI is InChI=1S/C11H10F6O6/c1-5(7(18)19)4-6(23-9(21)11(15,16)17)2-3-22-8(20)10(12,13)14/h4,6H,2-3H2,1H3,(H,18,19). The summed E-state index contributed by atoms with van der Waals surface area (Å²) in [6.07, 6.45) is -12.8. The Morgan fingerprint density at radius 1 is 1.04 bits per heavy atom. The molecule has 0 heterocycles. The highest BCUT2D eigenvalue weighted by molar-refractivity contribution is 5.86. The van der Waals surface area contributed by atoms with E-state index in [1.165, 1.54) is 0 Å². The van der Waals surface area contributed by atoms with Gasteiger partial charge < -0.3 is 14.6 Å². The molecule has 0 radical (unpaired) electrons. The average molecular weight is 352 g/mol. The largest absolute Gasteiger partial charge is 0.490 e. The fourth-order valence-corrected chi connectivity index (χ4v) is 1.08. The van der Waals surface area contributed by atoms with Crippen molar-refractivity contribution in [2.75, 3.05) is 6.61 Å². The van der Waals surface area contributed by atoms with Crippen LogP contribution in [0.4, 0.5) is 26.3 Å². The van der Waals surface area contributed by atoms with Gasteiger partial charge in [-0.15, -0.1) is 0 Å². The number of halogens is 6. The van der Waals surface area contributed by atoms with Crippen molar-refractivity contribution in [3.05, 3.63) is 11.6 Å². The lowest BCUT2D eigenvalue weighted by Gasteiger charge is -2.16. The first-order valence-corrected chi connectivity index (χ1v) is 5.68. The molecule has 6 nitrogen and oxygen atoms in total. The van der Waals surface area contributed by atoms with Gasteiger partial charge in [0.25, 0.3) is 0 Å². The van der Waals surface area contributed by atoms with E-state index in [0.717, 1.165) is 6.92 Å². The van der Waals surface area contributed by atoms with Crippen LogP contribution in [0.2, 0.25) is 0 Å². The van der Waals surface area contributed by atoms with Crippen LogP contribution in [0.25, 0.3) is 0 Å². The zero-order valence-corrected chi connectivity index (χ0v) is 11.3. The van der Waals surface area contributed by atoms with Crippen LogP contribution in [0.5, 0.6) is 0 Å². The molecule has 12 heteroatoms. The Balaban J connectivity index is 4.88. The van der Waals surface area contributed by atoms with Gasteiger partial charge in [-0.3, -0.25) is 0 Å². The van der Waals surface area contributed by atoms with Crippen molar-refractivity contribution < 1.29 is 55.3 Å². The van der Waals surface area contributed by atoms with E-state index in [0.29, 0.717) is 6.08 Å². The molecule has 0 saturated carbocycles. The minimum Gasteiger partial charge on any atom is -0.478 e. The minimum absolute atomic E-state index is 0.521. The van der Waals surface area contributed by atoms with Crippen LogP contribution in [0.3, 0.4) is 0 Å². The van der Waals surface area contributed by atoms with E-state index in [4.69, 9.17) is 5.11 Å². The highest BCUT2D eigenvalue weighted by Gasteiger charge is 2.43. The Bertz CT molecular complexity index is 492. The summed E-state index contributed by atoms with van der Waals surface area (Å²) in [6, 6.07) is 0. The second-order valence-corrected chi connectivity index (χ2v) is 4.02. The molecule has 0 fully saturated rings. The average Bonchev–Trinajstić information content (AvgIpc) is 2.35. The number of carboxylic acids is 1. The zero-order valence-electron chi connectivity index (χ0n) is 11.3. The predicted molar refractivity (Wildman–Crippen MR) is 59.0 cm³/mol. The Kier molecular flexibility index (Phi) is 7.06. The summed E-state index contributed by atoms with van der Waals surface area (Å²) in [4.78, 5) is 31.7. The van der Waals surface area contributed by atoms with Crippen molar-refractivity contribution in [1.29, 1.82) is 0 Å². The summed E-state index contributed by atoms with van der Waals surface area (Å²) < 4.78 is 79.4. The normalized spacial score (nSPS) is 14.1. The Morgan fingerprint density at radius 3 is 1.91 bits per heavy atom. The van der Waals surface area contributed by atoms with Crippen LogP contribution >= 0.6 is 0 Å². The third kappa shape index (κ3) is 8.07. The van der Waals surface area contributed by atoms with Crippen molar-refractivity contribution in [1.82, 2.24) is 0 Å². The molecular formula is C11H10F6O6. The van der Waals surface area contributed by atoms with Gasteiger partial charge in [-0.1, -0.05) is 0 Å². The number of carboxylic acid groups (broad SMARTS) is 1. The van der Waals surface area contributed by atoms with Crippen LogP contribution in [0, 0.1) is 0 Å². The first-order valence-electron chi connectivity index (χ1n) is 5.68. The van der Waals surface area contributed by atoms with Gasteiger partial charge in [0.1, 0.15) is 6.10 Å². The summed E-state index contributed by atoms with van der Waals surface area (Å²) in [5.41, 5.74) is -0.521. The molecule has 1 N–H and O–H groups in total. The number of carbonyl (C=O) groups excluding carboxylic acids is 2. The molecule has 0 aliphatic rings. The number of ether oxygens (including phenoxy) is 2. The summed E-state index contributed by atoms with van der Waals surface area (Å²) in [5, 5.41) is 8.58. The predicted octanol–water partition coefficient (Wildman–Crippen LogP) is 1.99. The molecule has 132 valence electrons. The molecule has 0 rings (SSSR count). The third-order valence-corrected chi connectivity index (χ3v) is 2.13. The van der Waals surface area contributed by atoms with Crippen LogP contribution in [-0.2, 0) is 23.9 Å². The van der Waals surface area contributed by atoms with Gasteiger partial charge in [0, 0.05) is 12.0 Å². The summed E-state index contributed by atoms with van der Waals surface area (Å²) in [5.74, 6) is -6.80. The molecule has 0 aliphatic heterocycles. The van der Waals surface area contributed by atoms with E-state index in [1.54, 1.807) is 0 Å². The van der Waals surface area contributed by atoms with Crippen LogP contribution in [-0.4, -0.2) is 48.1 Å². The van der Waals surface area contributed by atoms with Crippen molar-refractivity contribution in [2.45, 2.75) is 31.8 Å². The molecule has 1 unspecified atom stereocenters. The molecular weight excluding hydrogens is 342 g/mol. The van der Waals surface area contributed by atoms with Crippen LogP contribution < -0.4 is 0 Å². The molecule has 0 aliphatic carbocycles. The van der Waals surface area contributed by atoms with Gasteiger partial charge in [0.05, 0.1) is 6.61 Å². The minimum atomic E-state index is -5.38. The van der Waals surface area contributed by atoms with E-state index in [1.807, 2.05) is 0 Å². The molecule has 23 heavy (non-hydrogen) atoms. The van der Waals surface area contributed by atoms with Crippen LogP contribution in [0.1, 0.15) is 13.3 Å². The maximum absolute atomic E-state index is 12.1. The lowest BCUT2D eigenvalue weighted by Crippen LogP contribution is -2.31. The van der Waals surface area contributed by atoms with E-state index >= 15 is 0 Å². The quantitative estimate of drug-likeness (QED) is 0.447. The summed E-state index contributed by atoms with van der Waals surface area (Å²) >= 11 is 0. The van der Waals surface area contributed by atoms with Gasteiger partial charge in [0.15, 0.2) is 0 Å². The highest BCUT2D eigenvalue weighted by Crippen LogP contribution is 2.20. The Labute approximate surface area is 124 Å². The van der Waals surface area contributed by atoms with Crippen molar-refractivity contribution in [3.8, 4) is 0 Å². The number of carbonyl (C=O) groups is 3. The monoisotopic (exact) mass is 352 g/mol. The molecule has 0 aromatic carbocycles. The first kappa shape index (κ1) is 20.7. The third-order valence-electron chi connectivity index (χ3n) is 2.13. The SMILES string of the molecule is CC(=CC(CCOC(=O)C(F)(F)F)OC(=O)C(F)(F)F)C(=O)O. The number of rotatable bonds is 6. The lowest BCUT2D eigenvalue weighted by molar-refractivity contribution is -0.205. The van der Waals surface area contributed by atoms with Gasteiger partial charge >= 0.3 is 30.3 Å².